The van der Waals surface area contributed by atoms with Crippen molar-refractivity contribution in [3.05, 3.63) is 80.6 Å². The first-order valence-corrected chi connectivity index (χ1v) is 12.8. The van der Waals surface area contributed by atoms with Gasteiger partial charge < -0.3 is 14.5 Å². The van der Waals surface area contributed by atoms with Crippen LogP contribution in [0.3, 0.4) is 0 Å². The summed E-state index contributed by atoms with van der Waals surface area (Å²) < 4.78 is 6.64. The number of para-hydroxylation sites is 1. The highest BCUT2D eigenvalue weighted by atomic mass is 35.5. The Balaban J connectivity index is 1.35. The highest BCUT2D eigenvalue weighted by Gasteiger charge is 2.57. The Morgan fingerprint density at radius 2 is 1.76 bits per heavy atom. The van der Waals surface area contributed by atoms with E-state index in [2.05, 4.69) is 5.10 Å². The van der Waals surface area contributed by atoms with Crippen LogP contribution in [0.2, 0.25) is 10.0 Å². The summed E-state index contributed by atoms with van der Waals surface area (Å²) in [6.07, 6.45) is 2.53. The number of benzene rings is 2. The molecule has 0 aliphatic carbocycles. The second-order valence-electron chi connectivity index (χ2n) is 9.47. The van der Waals surface area contributed by atoms with E-state index in [0.29, 0.717) is 57.6 Å². The third-order valence-corrected chi connectivity index (χ3v) is 8.07. The van der Waals surface area contributed by atoms with Gasteiger partial charge in [0.1, 0.15) is 0 Å². The minimum absolute atomic E-state index is 0.139. The van der Waals surface area contributed by atoms with Gasteiger partial charge in [-0.2, -0.15) is 5.10 Å². The van der Waals surface area contributed by atoms with Crippen molar-refractivity contribution in [3.63, 3.8) is 0 Å². The fourth-order valence-electron chi connectivity index (χ4n) is 4.97. The smallest absolute Gasteiger partial charge is 0.359 e. The summed E-state index contributed by atoms with van der Waals surface area (Å²) in [5.74, 6) is -0.812. The van der Waals surface area contributed by atoms with Crippen molar-refractivity contribution >= 4 is 41.0 Å². The van der Waals surface area contributed by atoms with Crippen molar-refractivity contribution in [2.24, 2.45) is 0 Å². The molecule has 192 valence electrons. The number of rotatable bonds is 5. The van der Waals surface area contributed by atoms with Crippen LogP contribution >= 0.6 is 23.2 Å². The molecule has 37 heavy (non-hydrogen) atoms. The first kappa shape index (κ1) is 25.3. The number of nitrogens with zero attached hydrogens (tertiary/aromatic N) is 4. The first-order valence-electron chi connectivity index (χ1n) is 12.1. The van der Waals surface area contributed by atoms with Gasteiger partial charge in [-0.05, 0) is 57.0 Å². The molecule has 2 fully saturated rings. The predicted octanol–water partition coefficient (Wildman–Crippen LogP) is 4.71. The van der Waals surface area contributed by atoms with Crippen LogP contribution in [0.5, 0.6) is 0 Å². The number of esters is 1. The molecule has 3 aromatic rings. The number of hydrogen-bond acceptors (Lipinski definition) is 5. The van der Waals surface area contributed by atoms with Crippen LogP contribution < -0.4 is 0 Å². The van der Waals surface area contributed by atoms with E-state index in [1.807, 2.05) is 11.0 Å². The summed E-state index contributed by atoms with van der Waals surface area (Å²) in [5, 5.41) is 5.27. The molecule has 2 aliphatic rings. The third kappa shape index (κ3) is 4.18. The maximum atomic E-state index is 13.7. The van der Waals surface area contributed by atoms with E-state index >= 15 is 0 Å². The molecule has 1 spiro atoms. The van der Waals surface area contributed by atoms with Crippen LogP contribution in [-0.4, -0.2) is 69.1 Å². The van der Waals surface area contributed by atoms with Crippen molar-refractivity contribution in [2.45, 2.75) is 32.7 Å². The van der Waals surface area contributed by atoms with Gasteiger partial charge in [0.2, 0.25) is 0 Å². The van der Waals surface area contributed by atoms with E-state index in [9.17, 15) is 14.4 Å². The van der Waals surface area contributed by atoms with Crippen LogP contribution in [0.25, 0.3) is 5.69 Å². The van der Waals surface area contributed by atoms with Gasteiger partial charge in [0, 0.05) is 36.4 Å². The molecule has 5 rings (SSSR count). The number of hydrogen-bond donors (Lipinski definition) is 0. The summed E-state index contributed by atoms with van der Waals surface area (Å²) in [6, 6.07) is 10.5. The summed E-state index contributed by atoms with van der Waals surface area (Å²) >= 11 is 12.5. The minimum atomic E-state index is -0.500. The van der Waals surface area contributed by atoms with Crippen molar-refractivity contribution in [3.8, 4) is 5.69 Å². The summed E-state index contributed by atoms with van der Waals surface area (Å²) in [5.41, 5.74) is 2.60. The summed E-state index contributed by atoms with van der Waals surface area (Å²) in [4.78, 5) is 42.6. The first-order chi connectivity index (χ1) is 17.7. The fraction of sp³-hybridized carbons (Fsp3) is 0.333. The van der Waals surface area contributed by atoms with E-state index in [1.54, 1.807) is 66.9 Å². The molecule has 2 amide bonds. The molecule has 0 radical (unpaired) electrons. The average molecular weight is 541 g/mol. The van der Waals surface area contributed by atoms with Gasteiger partial charge in [-0.25, -0.2) is 9.48 Å². The molecule has 0 N–H and O–H groups in total. The molecule has 0 atom stereocenters. The van der Waals surface area contributed by atoms with Gasteiger partial charge in [0.25, 0.3) is 11.8 Å². The number of ether oxygens (including phenoxy) is 1. The number of likely N-dealkylation sites (tertiary alicyclic amines) is 2. The molecule has 3 heterocycles. The molecule has 2 aromatic carbocycles. The SMILES string of the molecule is CCOC(=O)c1nn(-c2ccccc2C(=O)N2CCC23CN(C(=O)c2ccc(Cl)c(C)c2Cl)C3)cc1C. The van der Waals surface area contributed by atoms with Gasteiger partial charge >= 0.3 is 5.97 Å². The van der Waals surface area contributed by atoms with Crippen molar-refractivity contribution < 1.29 is 19.1 Å². The maximum absolute atomic E-state index is 13.7. The zero-order valence-electron chi connectivity index (χ0n) is 20.8. The van der Waals surface area contributed by atoms with E-state index in [1.165, 1.54) is 0 Å². The summed E-state index contributed by atoms with van der Waals surface area (Å²) in [7, 11) is 0. The van der Waals surface area contributed by atoms with E-state index < -0.39 is 11.5 Å². The lowest BCUT2D eigenvalue weighted by Gasteiger charge is -2.62. The van der Waals surface area contributed by atoms with Crippen molar-refractivity contribution in [1.29, 1.82) is 0 Å². The van der Waals surface area contributed by atoms with Crippen molar-refractivity contribution in [1.82, 2.24) is 19.6 Å². The van der Waals surface area contributed by atoms with E-state index in [4.69, 9.17) is 27.9 Å². The zero-order chi connectivity index (χ0) is 26.5. The molecule has 0 bridgehead atoms. The second kappa shape index (κ2) is 9.50. The van der Waals surface area contributed by atoms with Gasteiger partial charge in [0.05, 0.1) is 34.0 Å². The lowest BCUT2D eigenvalue weighted by atomic mass is 9.76. The molecule has 2 saturated heterocycles. The lowest BCUT2D eigenvalue weighted by Crippen LogP contribution is -2.78. The Morgan fingerprint density at radius 3 is 2.43 bits per heavy atom. The number of aromatic nitrogens is 2. The van der Waals surface area contributed by atoms with Crippen LogP contribution in [0.15, 0.2) is 42.6 Å². The standard InChI is InChI=1S/C27H26Cl2N4O4/c1-4-37-26(36)23-16(2)13-33(30-23)21-8-6-5-7-18(21)25(35)32-12-11-27(32)14-31(15-27)24(34)19-9-10-20(28)17(3)22(19)29/h5-10,13H,4,11-12,14-15H2,1-3H3. The number of carbonyl (C=O) groups excluding carboxylic acids is 3. The molecular formula is C27H26Cl2N4O4. The summed E-state index contributed by atoms with van der Waals surface area (Å²) in [6.45, 7) is 7.01. The van der Waals surface area contributed by atoms with Crippen LogP contribution in [0, 0.1) is 13.8 Å². The van der Waals surface area contributed by atoms with Gasteiger partial charge in [-0.3, -0.25) is 9.59 Å². The highest BCUT2D eigenvalue weighted by molar-refractivity contribution is 6.38. The van der Waals surface area contributed by atoms with Crippen molar-refractivity contribution in [2.75, 3.05) is 26.2 Å². The van der Waals surface area contributed by atoms with Gasteiger partial charge in [-0.15, -0.1) is 0 Å². The Morgan fingerprint density at radius 1 is 1.03 bits per heavy atom. The molecule has 0 saturated carbocycles. The molecular weight excluding hydrogens is 515 g/mol. The van der Waals surface area contributed by atoms with E-state index in [-0.39, 0.29) is 24.1 Å². The minimum Gasteiger partial charge on any atom is -0.461 e. The fourth-order valence-corrected chi connectivity index (χ4v) is 5.43. The topological polar surface area (TPSA) is 84.7 Å². The monoisotopic (exact) mass is 540 g/mol. The number of aryl methyl sites for hydroxylation is 1. The Kier molecular flexibility index (Phi) is 6.50. The molecule has 2 aliphatic heterocycles. The van der Waals surface area contributed by atoms with Gasteiger partial charge in [-0.1, -0.05) is 35.3 Å². The van der Waals surface area contributed by atoms with Crippen LogP contribution in [0.4, 0.5) is 0 Å². The number of halogens is 2. The normalized spacial score (nSPS) is 15.8. The second-order valence-corrected chi connectivity index (χ2v) is 10.3. The molecule has 10 heteroatoms. The number of amides is 2. The quantitative estimate of drug-likeness (QED) is 0.437. The Labute approximate surface area is 224 Å². The molecule has 0 unspecified atom stereocenters. The highest BCUT2D eigenvalue weighted by Crippen LogP contribution is 2.42. The maximum Gasteiger partial charge on any atom is 0.359 e. The third-order valence-electron chi connectivity index (χ3n) is 7.17. The lowest BCUT2D eigenvalue weighted by molar-refractivity contribution is -0.0848. The van der Waals surface area contributed by atoms with Crippen LogP contribution in [-0.2, 0) is 4.74 Å². The Bertz CT molecular complexity index is 1430. The van der Waals surface area contributed by atoms with E-state index in [0.717, 1.165) is 6.42 Å². The zero-order valence-corrected chi connectivity index (χ0v) is 22.3. The molecule has 8 nitrogen and oxygen atoms in total. The Hall–Kier alpha value is -3.36. The average Bonchev–Trinajstić information content (AvgIpc) is 3.22. The predicted molar refractivity (Wildman–Crippen MR) is 140 cm³/mol. The largest absolute Gasteiger partial charge is 0.461 e. The number of carbonyl (C=O) groups is 3. The van der Waals surface area contributed by atoms with Gasteiger partial charge in [0.15, 0.2) is 5.69 Å². The van der Waals surface area contributed by atoms with Crippen LogP contribution in [0.1, 0.15) is 55.7 Å². The molecule has 1 aromatic heterocycles.